The number of rotatable bonds is 6. The van der Waals surface area contributed by atoms with Crippen molar-refractivity contribution in [3.05, 3.63) is 40.1 Å². The van der Waals surface area contributed by atoms with Gasteiger partial charge in [0.1, 0.15) is 0 Å². The van der Waals surface area contributed by atoms with Gasteiger partial charge in [-0.15, -0.1) is 5.10 Å². The Labute approximate surface area is 142 Å². The molecule has 0 aliphatic carbocycles. The highest BCUT2D eigenvalue weighted by atomic mass is 79.9. The molecule has 0 unspecified atom stereocenters. The lowest BCUT2D eigenvalue weighted by Crippen LogP contribution is -2.14. The fourth-order valence-corrected chi connectivity index (χ4v) is 2.71. The molecule has 22 heavy (non-hydrogen) atoms. The van der Waals surface area contributed by atoms with Crippen molar-refractivity contribution in [3.63, 3.8) is 0 Å². The summed E-state index contributed by atoms with van der Waals surface area (Å²) < 4.78 is 0.974. The van der Waals surface area contributed by atoms with Crippen molar-refractivity contribution < 1.29 is 4.79 Å². The van der Waals surface area contributed by atoms with Crippen molar-refractivity contribution in [1.29, 1.82) is 0 Å². The van der Waals surface area contributed by atoms with Crippen LogP contribution in [0, 0.1) is 0 Å². The molecule has 7 heteroatoms. The van der Waals surface area contributed by atoms with Crippen LogP contribution in [0.5, 0.6) is 0 Å². The van der Waals surface area contributed by atoms with Gasteiger partial charge >= 0.3 is 0 Å². The van der Waals surface area contributed by atoms with Crippen LogP contribution in [-0.4, -0.2) is 26.8 Å². The standard InChI is InChI=1S/C15H17BrN4OS/c1-3-12-13(4-2)19-20-15(18-12)22-9-14(21)17-11-7-5-10(16)6-8-11/h5-8H,3-4,9H2,1-2H3,(H,17,21). The summed E-state index contributed by atoms with van der Waals surface area (Å²) in [6.45, 7) is 4.07. The van der Waals surface area contributed by atoms with Crippen LogP contribution in [0.2, 0.25) is 0 Å². The molecule has 0 spiro atoms. The van der Waals surface area contributed by atoms with Crippen molar-refractivity contribution in [2.24, 2.45) is 0 Å². The number of nitrogens with zero attached hydrogens (tertiary/aromatic N) is 3. The van der Waals surface area contributed by atoms with Gasteiger partial charge in [0.25, 0.3) is 0 Å². The molecular formula is C15H17BrN4OS. The van der Waals surface area contributed by atoms with Crippen LogP contribution in [0.25, 0.3) is 0 Å². The third kappa shape index (κ3) is 4.78. The SMILES string of the molecule is CCc1nnc(SCC(=O)Nc2ccc(Br)cc2)nc1CC. The largest absolute Gasteiger partial charge is 0.325 e. The molecule has 1 N–H and O–H groups in total. The number of nitrogens with one attached hydrogen (secondary N) is 1. The number of hydrogen-bond acceptors (Lipinski definition) is 5. The number of halogens is 1. The monoisotopic (exact) mass is 380 g/mol. The Morgan fingerprint density at radius 2 is 1.82 bits per heavy atom. The summed E-state index contributed by atoms with van der Waals surface area (Å²) in [6.07, 6.45) is 1.63. The van der Waals surface area contributed by atoms with E-state index in [4.69, 9.17) is 0 Å². The molecule has 0 saturated carbocycles. The Kier molecular flexibility index (Phi) is 6.33. The van der Waals surface area contributed by atoms with Crippen LogP contribution in [0.4, 0.5) is 5.69 Å². The zero-order valence-electron chi connectivity index (χ0n) is 12.5. The minimum absolute atomic E-state index is 0.0893. The van der Waals surface area contributed by atoms with E-state index in [9.17, 15) is 4.79 Å². The molecule has 0 aliphatic rings. The van der Waals surface area contributed by atoms with Crippen LogP contribution in [0.3, 0.4) is 0 Å². The Hall–Kier alpha value is -1.47. The fourth-order valence-electron chi connectivity index (χ4n) is 1.84. The van der Waals surface area contributed by atoms with Gasteiger partial charge in [-0.2, -0.15) is 5.10 Å². The van der Waals surface area contributed by atoms with Gasteiger partial charge in [0.05, 0.1) is 17.1 Å². The van der Waals surface area contributed by atoms with E-state index in [1.807, 2.05) is 38.1 Å². The van der Waals surface area contributed by atoms with Crippen molar-refractivity contribution in [2.45, 2.75) is 31.8 Å². The van der Waals surface area contributed by atoms with E-state index >= 15 is 0 Å². The average molecular weight is 381 g/mol. The first-order valence-electron chi connectivity index (χ1n) is 7.03. The minimum Gasteiger partial charge on any atom is -0.325 e. The quantitative estimate of drug-likeness (QED) is 0.776. The summed E-state index contributed by atoms with van der Waals surface area (Å²) in [5.74, 6) is 0.167. The number of amides is 1. The fraction of sp³-hybridized carbons (Fsp3) is 0.333. The number of carbonyl (C=O) groups is 1. The van der Waals surface area contributed by atoms with Crippen molar-refractivity contribution >= 4 is 39.3 Å². The van der Waals surface area contributed by atoms with E-state index < -0.39 is 0 Å². The number of anilines is 1. The Balaban J connectivity index is 1.92. The zero-order valence-corrected chi connectivity index (χ0v) is 14.9. The number of aryl methyl sites for hydroxylation is 2. The summed E-state index contributed by atoms with van der Waals surface area (Å²) in [7, 11) is 0. The molecular weight excluding hydrogens is 364 g/mol. The van der Waals surface area contributed by atoms with Crippen molar-refractivity contribution in [1.82, 2.24) is 15.2 Å². The van der Waals surface area contributed by atoms with Gasteiger partial charge in [-0.3, -0.25) is 4.79 Å². The molecule has 1 aromatic heterocycles. The van der Waals surface area contributed by atoms with Gasteiger partial charge in [0.2, 0.25) is 11.1 Å². The maximum Gasteiger partial charge on any atom is 0.234 e. The Morgan fingerprint density at radius 1 is 1.14 bits per heavy atom. The van der Waals surface area contributed by atoms with Gasteiger partial charge in [-0.25, -0.2) is 4.98 Å². The third-order valence-electron chi connectivity index (χ3n) is 2.95. The van der Waals surface area contributed by atoms with Crippen LogP contribution >= 0.6 is 27.7 Å². The molecule has 0 fully saturated rings. The lowest BCUT2D eigenvalue weighted by Gasteiger charge is -2.06. The summed E-state index contributed by atoms with van der Waals surface area (Å²) in [5.41, 5.74) is 2.64. The van der Waals surface area contributed by atoms with E-state index in [1.165, 1.54) is 11.8 Å². The van der Waals surface area contributed by atoms with E-state index in [-0.39, 0.29) is 11.7 Å². The van der Waals surface area contributed by atoms with E-state index in [0.29, 0.717) is 5.16 Å². The first-order chi connectivity index (χ1) is 10.6. The first kappa shape index (κ1) is 16.9. The molecule has 1 aromatic carbocycles. The van der Waals surface area contributed by atoms with E-state index in [2.05, 4.69) is 36.4 Å². The predicted molar refractivity (Wildman–Crippen MR) is 92.1 cm³/mol. The first-order valence-corrected chi connectivity index (χ1v) is 8.81. The highest BCUT2D eigenvalue weighted by molar-refractivity contribution is 9.10. The number of carbonyl (C=O) groups excluding carboxylic acids is 1. The number of hydrogen-bond donors (Lipinski definition) is 1. The van der Waals surface area contributed by atoms with Gasteiger partial charge in [0, 0.05) is 10.2 Å². The predicted octanol–water partition coefficient (Wildman–Crippen LogP) is 3.49. The third-order valence-corrected chi connectivity index (χ3v) is 4.32. The average Bonchev–Trinajstić information content (AvgIpc) is 2.54. The molecule has 0 atom stereocenters. The molecule has 0 saturated heterocycles. The van der Waals surface area contributed by atoms with Gasteiger partial charge in [0.15, 0.2) is 0 Å². The van der Waals surface area contributed by atoms with Gasteiger partial charge in [-0.05, 0) is 37.1 Å². The van der Waals surface area contributed by atoms with Crippen LogP contribution in [-0.2, 0) is 17.6 Å². The lowest BCUT2D eigenvalue weighted by atomic mass is 10.2. The molecule has 0 aliphatic heterocycles. The van der Waals surface area contributed by atoms with Crippen molar-refractivity contribution in [3.8, 4) is 0 Å². The highest BCUT2D eigenvalue weighted by Crippen LogP contribution is 2.17. The topological polar surface area (TPSA) is 67.8 Å². The van der Waals surface area contributed by atoms with Crippen LogP contribution in [0.15, 0.2) is 33.9 Å². The smallest absolute Gasteiger partial charge is 0.234 e. The molecule has 2 aromatic rings. The summed E-state index contributed by atoms with van der Waals surface area (Å²) in [5, 5.41) is 11.6. The molecule has 1 heterocycles. The maximum atomic E-state index is 11.9. The second kappa shape index (κ2) is 8.24. The Bertz CT molecular complexity index is 648. The minimum atomic E-state index is -0.0893. The molecule has 5 nitrogen and oxygen atoms in total. The second-order valence-electron chi connectivity index (χ2n) is 4.54. The van der Waals surface area contributed by atoms with E-state index in [1.54, 1.807) is 0 Å². The van der Waals surface area contributed by atoms with Gasteiger partial charge < -0.3 is 5.32 Å². The van der Waals surface area contributed by atoms with Gasteiger partial charge in [-0.1, -0.05) is 41.5 Å². The number of aromatic nitrogens is 3. The summed E-state index contributed by atoms with van der Waals surface area (Å²) >= 11 is 4.65. The molecule has 2 rings (SSSR count). The highest BCUT2D eigenvalue weighted by Gasteiger charge is 2.09. The normalized spacial score (nSPS) is 10.5. The number of benzene rings is 1. The summed E-state index contributed by atoms with van der Waals surface area (Å²) in [4.78, 5) is 16.4. The Morgan fingerprint density at radius 3 is 2.45 bits per heavy atom. The van der Waals surface area contributed by atoms with Crippen LogP contribution in [0.1, 0.15) is 25.2 Å². The van der Waals surface area contributed by atoms with E-state index in [0.717, 1.165) is 34.4 Å². The lowest BCUT2D eigenvalue weighted by molar-refractivity contribution is -0.113. The zero-order chi connectivity index (χ0) is 15.9. The molecule has 0 radical (unpaired) electrons. The molecule has 0 bridgehead atoms. The second-order valence-corrected chi connectivity index (χ2v) is 6.40. The maximum absolute atomic E-state index is 11.9. The molecule has 1 amide bonds. The van der Waals surface area contributed by atoms with Crippen molar-refractivity contribution in [2.75, 3.05) is 11.1 Å². The summed E-state index contributed by atoms with van der Waals surface area (Å²) in [6, 6.07) is 7.45. The number of thioether (sulfide) groups is 1. The molecule has 116 valence electrons. The van der Waals surface area contributed by atoms with Crippen LogP contribution < -0.4 is 5.32 Å².